The van der Waals surface area contributed by atoms with Gasteiger partial charge in [0.15, 0.2) is 0 Å². The summed E-state index contributed by atoms with van der Waals surface area (Å²) in [5.41, 5.74) is 1.82. The fourth-order valence-corrected chi connectivity index (χ4v) is 2.02. The van der Waals surface area contributed by atoms with E-state index in [0.717, 1.165) is 5.69 Å². The molecule has 0 aliphatic heterocycles. The van der Waals surface area contributed by atoms with Gasteiger partial charge in [-0.05, 0) is 42.5 Å². The Morgan fingerprint density at radius 1 is 1.00 bits per heavy atom. The number of amides is 2. The van der Waals surface area contributed by atoms with E-state index in [1.54, 1.807) is 24.3 Å². The summed E-state index contributed by atoms with van der Waals surface area (Å²) in [6.07, 6.45) is 0. The van der Waals surface area contributed by atoms with E-state index < -0.39 is 5.82 Å². The molecule has 2 aromatic carbocycles. The second kappa shape index (κ2) is 7.60. The Balaban J connectivity index is 1.86. The number of anilines is 3. The van der Waals surface area contributed by atoms with E-state index in [0.29, 0.717) is 11.4 Å². The van der Waals surface area contributed by atoms with E-state index in [1.165, 1.54) is 25.1 Å². The van der Waals surface area contributed by atoms with E-state index in [2.05, 4.69) is 16.0 Å². The standard InChI is InChI=1S/C16H15ClFN3O2/c1-10(22)20-12-4-2-11(3-5-12)19-9-16(23)21-13-6-7-15(18)14(17)8-13/h2-8,19H,9H2,1H3,(H,20,22)(H,21,23). The lowest BCUT2D eigenvalue weighted by Crippen LogP contribution is -2.21. The minimum Gasteiger partial charge on any atom is -0.376 e. The van der Waals surface area contributed by atoms with Gasteiger partial charge in [-0.25, -0.2) is 4.39 Å². The Kier molecular flexibility index (Phi) is 5.54. The Morgan fingerprint density at radius 2 is 1.61 bits per heavy atom. The molecule has 2 amide bonds. The maximum Gasteiger partial charge on any atom is 0.243 e. The summed E-state index contributed by atoms with van der Waals surface area (Å²) in [7, 11) is 0. The molecule has 0 aliphatic carbocycles. The maximum absolute atomic E-state index is 13.0. The number of hydrogen-bond acceptors (Lipinski definition) is 3. The van der Waals surface area contributed by atoms with Crippen molar-refractivity contribution in [3.8, 4) is 0 Å². The Bertz CT molecular complexity index is 720. The van der Waals surface area contributed by atoms with Crippen LogP contribution < -0.4 is 16.0 Å². The van der Waals surface area contributed by atoms with Gasteiger partial charge in [0.25, 0.3) is 0 Å². The smallest absolute Gasteiger partial charge is 0.243 e. The Morgan fingerprint density at radius 3 is 2.22 bits per heavy atom. The van der Waals surface area contributed by atoms with Gasteiger partial charge >= 0.3 is 0 Å². The van der Waals surface area contributed by atoms with Crippen molar-refractivity contribution < 1.29 is 14.0 Å². The van der Waals surface area contributed by atoms with Crippen LogP contribution in [-0.2, 0) is 9.59 Å². The summed E-state index contributed by atoms with van der Waals surface area (Å²) < 4.78 is 13.0. The summed E-state index contributed by atoms with van der Waals surface area (Å²) in [5.74, 6) is -0.983. The summed E-state index contributed by atoms with van der Waals surface area (Å²) in [6.45, 7) is 1.46. The van der Waals surface area contributed by atoms with Crippen molar-refractivity contribution in [2.75, 3.05) is 22.5 Å². The molecule has 0 spiro atoms. The van der Waals surface area contributed by atoms with Crippen LogP contribution in [0.15, 0.2) is 42.5 Å². The first-order chi connectivity index (χ1) is 10.9. The minimum atomic E-state index is -0.540. The highest BCUT2D eigenvalue weighted by atomic mass is 35.5. The molecule has 0 heterocycles. The second-order valence-electron chi connectivity index (χ2n) is 4.79. The average Bonchev–Trinajstić information content (AvgIpc) is 2.50. The van der Waals surface area contributed by atoms with Crippen LogP contribution in [0.2, 0.25) is 5.02 Å². The molecule has 0 radical (unpaired) electrons. The van der Waals surface area contributed by atoms with Gasteiger partial charge in [0.05, 0.1) is 11.6 Å². The van der Waals surface area contributed by atoms with E-state index in [9.17, 15) is 14.0 Å². The zero-order valence-corrected chi connectivity index (χ0v) is 13.1. The molecule has 7 heteroatoms. The van der Waals surface area contributed by atoms with Crippen molar-refractivity contribution in [3.05, 3.63) is 53.3 Å². The van der Waals surface area contributed by atoms with Crippen LogP contribution in [0.25, 0.3) is 0 Å². The molecule has 0 atom stereocenters. The first kappa shape index (κ1) is 16.8. The van der Waals surface area contributed by atoms with E-state index >= 15 is 0 Å². The molecule has 3 N–H and O–H groups in total. The van der Waals surface area contributed by atoms with Gasteiger partial charge in [0.1, 0.15) is 5.82 Å². The van der Waals surface area contributed by atoms with Gasteiger partial charge in [-0.1, -0.05) is 11.6 Å². The highest BCUT2D eigenvalue weighted by molar-refractivity contribution is 6.31. The molecule has 2 aromatic rings. The maximum atomic E-state index is 13.0. The van der Waals surface area contributed by atoms with Gasteiger partial charge in [0, 0.05) is 24.0 Å². The minimum absolute atomic E-state index is 0.0362. The predicted octanol–water partition coefficient (Wildman–Crippen LogP) is 3.49. The van der Waals surface area contributed by atoms with Crippen molar-refractivity contribution in [3.63, 3.8) is 0 Å². The molecular formula is C16H15ClFN3O2. The van der Waals surface area contributed by atoms with Gasteiger partial charge < -0.3 is 16.0 Å². The zero-order chi connectivity index (χ0) is 16.8. The van der Waals surface area contributed by atoms with Crippen LogP contribution in [0.1, 0.15) is 6.92 Å². The first-order valence-corrected chi connectivity index (χ1v) is 7.18. The second-order valence-corrected chi connectivity index (χ2v) is 5.20. The van der Waals surface area contributed by atoms with Gasteiger partial charge in [-0.15, -0.1) is 0 Å². The molecule has 0 saturated carbocycles. The van der Waals surface area contributed by atoms with Crippen LogP contribution in [-0.4, -0.2) is 18.4 Å². The highest BCUT2D eigenvalue weighted by Gasteiger charge is 2.05. The van der Waals surface area contributed by atoms with Crippen molar-refractivity contribution in [1.29, 1.82) is 0 Å². The first-order valence-electron chi connectivity index (χ1n) is 6.80. The Labute approximate surface area is 137 Å². The normalized spacial score (nSPS) is 10.0. The van der Waals surface area contributed by atoms with Gasteiger partial charge in [-0.2, -0.15) is 0 Å². The van der Waals surface area contributed by atoms with Crippen molar-refractivity contribution >= 4 is 40.5 Å². The zero-order valence-electron chi connectivity index (χ0n) is 12.3. The van der Waals surface area contributed by atoms with Crippen LogP contribution in [0, 0.1) is 5.82 Å². The SMILES string of the molecule is CC(=O)Nc1ccc(NCC(=O)Nc2ccc(F)c(Cl)c2)cc1. The van der Waals surface area contributed by atoms with Crippen molar-refractivity contribution in [2.24, 2.45) is 0 Å². The molecule has 0 bridgehead atoms. The number of benzene rings is 2. The lowest BCUT2D eigenvalue weighted by atomic mass is 10.2. The third kappa shape index (κ3) is 5.27. The summed E-state index contributed by atoms with van der Waals surface area (Å²) in [6, 6.07) is 10.9. The Hall–Kier alpha value is -2.60. The number of carbonyl (C=O) groups excluding carboxylic acids is 2. The lowest BCUT2D eigenvalue weighted by Gasteiger charge is -2.09. The summed E-state index contributed by atoms with van der Waals surface area (Å²) >= 11 is 5.65. The number of carbonyl (C=O) groups is 2. The van der Waals surface area contributed by atoms with Crippen LogP contribution >= 0.6 is 11.6 Å². The van der Waals surface area contributed by atoms with E-state index in [1.807, 2.05) is 0 Å². The quantitative estimate of drug-likeness (QED) is 0.783. The molecule has 2 rings (SSSR count). The molecule has 23 heavy (non-hydrogen) atoms. The van der Waals surface area contributed by atoms with Crippen molar-refractivity contribution in [1.82, 2.24) is 0 Å². The largest absolute Gasteiger partial charge is 0.376 e. The molecule has 0 aromatic heterocycles. The number of halogens is 2. The fourth-order valence-electron chi connectivity index (χ4n) is 1.84. The monoisotopic (exact) mass is 335 g/mol. The molecule has 0 saturated heterocycles. The van der Waals surface area contributed by atoms with E-state index in [-0.39, 0.29) is 23.4 Å². The van der Waals surface area contributed by atoms with Crippen LogP contribution in [0.4, 0.5) is 21.5 Å². The lowest BCUT2D eigenvalue weighted by molar-refractivity contribution is -0.115. The molecule has 0 aliphatic rings. The predicted molar refractivity (Wildman–Crippen MR) is 89.3 cm³/mol. The highest BCUT2D eigenvalue weighted by Crippen LogP contribution is 2.19. The molecule has 5 nitrogen and oxygen atoms in total. The fraction of sp³-hybridized carbons (Fsp3) is 0.125. The van der Waals surface area contributed by atoms with Crippen LogP contribution in [0.5, 0.6) is 0 Å². The third-order valence-electron chi connectivity index (χ3n) is 2.86. The van der Waals surface area contributed by atoms with E-state index in [4.69, 9.17) is 11.6 Å². The third-order valence-corrected chi connectivity index (χ3v) is 3.15. The number of rotatable bonds is 5. The summed E-state index contributed by atoms with van der Waals surface area (Å²) in [5, 5.41) is 8.15. The van der Waals surface area contributed by atoms with Crippen LogP contribution in [0.3, 0.4) is 0 Å². The molecule has 120 valence electrons. The number of hydrogen-bond donors (Lipinski definition) is 3. The summed E-state index contributed by atoms with van der Waals surface area (Å²) in [4.78, 5) is 22.7. The van der Waals surface area contributed by atoms with Crippen molar-refractivity contribution in [2.45, 2.75) is 6.92 Å². The topological polar surface area (TPSA) is 70.2 Å². The van der Waals surface area contributed by atoms with Gasteiger partial charge in [0.2, 0.25) is 11.8 Å². The molecular weight excluding hydrogens is 321 g/mol. The van der Waals surface area contributed by atoms with Gasteiger partial charge in [-0.3, -0.25) is 9.59 Å². The average molecular weight is 336 g/mol. The molecule has 0 fully saturated rings. The molecule has 0 unspecified atom stereocenters. The number of nitrogens with one attached hydrogen (secondary N) is 3.